The van der Waals surface area contributed by atoms with Gasteiger partial charge >= 0.3 is 6.03 Å². The number of carbonyl (C=O) groups is 2. The molecule has 1 aromatic heterocycles. The highest BCUT2D eigenvalue weighted by molar-refractivity contribution is 5.97. The van der Waals surface area contributed by atoms with E-state index in [0.717, 1.165) is 64.8 Å². The monoisotopic (exact) mass is 625 g/mol. The summed E-state index contributed by atoms with van der Waals surface area (Å²) in [7, 11) is 0. The lowest BCUT2D eigenvalue weighted by Gasteiger charge is -2.54. The number of rotatable bonds is 11. The lowest BCUT2D eigenvalue weighted by Crippen LogP contribution is -2.61. The van der Waals surface area contributed by atoms with Crippen LogP contribution in [0.25, 0.3) is 0 Å². The van der Waals surface area contributed by atoms with Gasteiger partial charge in [0, 0.05) is 44.2 Å². The Balaban J connectivity index is 1.13. The van der Waals surface area contributed by atoms with Crippen molar-refractivity contribution in [1.29, 1.82) is 0 Å². The molecule has 246 valence electrons. The van der Waals surface area contributed by atoms with Crippen LogP contribution >= 0.6 is 0 Å². The number of benzene rings is 1. The Morgan fingerprint density at radius 3 is 2.62 bits per heavy atom. The van der Waals surface area contributed by atoms with Crippen LogP contribution in [0.2, 0.25) is 0 Å². The summed E-state index contributed by atoms with van der Waals surface area (Å²) < 4.78 is 26.6. The minimum Gasteiger partial charge on any atom is -0.451 e. The minimum atomic E-state index is -0.492. The molecule has 3 aliphatic rings. The summed E-state index contributed by atoms with van der Waals surface area (Å²) in [5.41, 5.74) is 0.405. The lowest BCUT2D eigenvalue weighted by atomic mass is 9.72. The molecule has 0 aliphatic carbocycles. The minimum absolute atomic E-state index is 0.0346. The highest BCUT2D eigenvalue weighted by Gasteiger charge is 2.46. The number of likely N-dealkylation sites (tertiary alicyclic amines) is 1. The number of nitrogens with one attached hydrogen (secondary N) is 2. The van der Waals surface area contributed by atoms with Crippen LogP contribution in [0.5, 0.6) is 11.5 Å². The Bertz CT molecular complexity index is 1300. The van der Waals surface area contributed by atoms with E-state index in [1.807, 2.05) is 27.7 Å². The first kappa shape index (κ1) is 32.9. The Kier molecular flexibility index (Phi) is 10.8. The third kappa shape index (κ3) is 8.02. The molecule has 3 saturated heterocycles. The predicted octanol–water partition coefficient (Wildman–Crippen LogP) is 4.44. The Labute approximate surface area is 265 Å². The molecule has 4 heterocycles. The van der Waals surface area contributed by atoms with E-state index < -0.39 is 5.82 Å². The van der Waals surface area contributed by atoms with E-state index in [1.165, 1.54) is 24.5 Å². The second-order valence-corrected chi connectivity index (χ2v) is 12.9. The van der Waals surface area contributed by atoms with Gasteiger partial charge < -0.3 is 34.8 Å². The van der Waals surface area contributed by atoms with Crippen molar-refractivity contribution >= 4 is 17.8 Å². The zero-order valence-electron chi connectivity index (χ0n) is 27.1. The third-order valence-electron chi connectivity index (χ3n) is 9.25. The van der Waals surface area contributed by atoms with Gasteiger partial charge in [0.05, 0.1) is 30.5 Å². The Morgan fingerprint density at radius 1 is 1.18 bits per heavy atom. The van der Waals surface area contributed by atoms with E-state index in [-0.39, 0.29) is 46.9 Å². The highest BCUT2D eigenvalue weighted by atomic mass is 19.1. The molecule has 12 heteroatoms. The molecule has 1 aromatic carbocycles. The maximum Gasteiger partial charge on any atom is 0.315 e. The maximum atomic E-state index is 14.3. The van der Waals surface area contributed by atoms with Crippen LogP contribution in [-0.2, 0) is 4.74 Å². The molecule has 11 nitrogen and oxygen atoms in total. The lowest BCUT2D eigenvalue weighted by molar-refractivity contribution is -0.0313. The van der Waals surface area contributed by atoms with Gasteiger partial charge in [-0.2, -0.15) is 0 Å². The number of halogens is 1. The van der Waals surface area contributed by atoms with E-state index in [4.69, 9.17) is 9.47 Å². The van der Waals surface area contributed by atoms with Gasteiger partial charge in [0.2, 0.25) is 0 Å². The summed E-state index contributed by atoms with van der Waals surface area (Å²) in [6.07, 6.45) is 8.29. The molecule has 3 fully saturated rings. The van der Waals surface area contributed by atoms with Crippen molar-refractivity contribution in [3.8, 4) is 11.5 Å². The number of carbonyl (C=O) groups excluding carboxylic acids is 2. The molecule has 1 spiro atoms. The molecule has 2 aromatic rings. The molecule has 0 saturated carbocycles. The van der Waals surface area contributed by atoms with E-state index in [2.05, 4.69) is 30.4 Å². The average molecular weight is 626 g/mol. The number of amides is 3. The molecule has 0 unspecified atom stereocenters. The van der Waals surface area contributed by atoms with Crippen LogP contribution < -0.4 is 20.3 Å². The van der Waals surface area contributed by atoms with Crippen molar-refractivity contribution in [2.75, 3.05) is 57.3 Å². The highest BCUT2D eigenvalue weighted by Crippen LogP contribution is 2.45. The van der Waals surface area contributed by atoms with Crippen LogP contribution in [0.1, 0.15) is 70.2 Å². The number of aromatic nitrogens is 2. The first-order chi connectivity index (χ1) is 21.7. The maximum absolute atomic E-state index is 14.3. The van der Waals surface area contributed by atoms with Gasteiger partial charge in [-0.3, -0.25) is 4.79 Å². The van der Waals surface area contributed by atoms with Gasteiger partial charge in [-0.05, 0) is 84.2 Å². The zero-order chi connectivity index (χ0) is 32.0. The largest absolute Gasteiger partial charge is 0.451 e. The van der Waals surface area contributed by atoms with Crippen LogP contribution in [0.3, 0.4) is 0 Å². The molecular weight excluding hydrogens is 577 g/mol. The fraction of sp³-hybridized carbons (Fsp3) is 0.636. The smallest absolute Gasteiger partial charge is 0.315 e. The standard InChI is InChI=1S/C33H48FN7O4/c1-5-13-36-32(43)38-25-8-9-26(44-19-25)18-39-14-11-33(12-15-39)20-40(21-33)30-29(17-35-22-37-30)45-28-10-7-24(34)16-27(28)31(42)41(6-2)23(3)4/h7,10,16-17,22-23,25-26H,5-6,8-9,11-15,18-21H2,1-4H3,(H2,36,38,43)/t25-,26+/m1/s1. The number of hydrogen-bond acceptors (Lipinski definition) is 8. The van der Waals surface area contributed by atoms with Crippen molar-refractivity contribution in [3.63, 3.8) is 0 Å². The van der Waals surface area contributed by atoms with Crippen molar-refractivity contribution in [2.24, 2.45) is 5.41 Å². The molecule has 2 N–H and O–H groups in total. The molecule has 2 atom stereocenters. The quantitative estimate of drug-likeness (QED) is 0.377. The van der Waals surface area contributed by atoms with Crippen LogP contribution in [0.4, 0.5) is 15.0 Å². The average Bonchev–Trinajstić information content (AvgIpc) is 3.01. The van der Waals surface area contributed by atoms with Gasteiger partial charge in [0.25, 0.3) is 5.91 Å². The van der Waals surface area contributed by atoms with E-state index >= 15 is 0 Å². The first-order valence-electron chi connectivity index (χ1n) is 16.4. The number of ether oxygens (including phenoxy) is 2. The van der Waals surface area contributed by atoms with E-state index in [0.29, 0.717) is 31.3 Å². The van der Waals surface area contributed by atoms with Gasteiger partial charge in [0.15, 0.2) is 11.6 Å². The van der Waals surface area contributed by atoms with Gasteiger partial charge in [0.1, 0.15) is 17.9 Å². The van der Waals surface area contributed by atoms with Crippen molar-refractivity contribution in [1.82, 2.24) is 30.4 Å². The Morgan fingerprint density at radius 2 is 1.96 bits per heavy atom. The summed E-state index contributed by atoms with van der Waals surface area (Å²) in [5.74, 6) is 0.642. The topological polar surface area (TPSA) is 112 Å². The summed E-state index contributed by atoms with van der Waals surface area (Å²) in [4.78, 5) is 40.4. The number of anilines is 1. The van der Waals surface area contributed by atoms with Gasteiger partial charge in [-0.25, -0.2) is 19.2 Å². The normalized spacial score (nSPS) is 21.3. The molecule has 3 amide bonds. The summed E-state index contributed by atoms with van der Waals surface area (Å²) in [6, 6.07) is 3.96. The fourth-order valence-electron chi connectivity index (χ4n) is 6.66. The number of nitrogens with zero attached hydrogens (tertiary/aromatic N) is 5. The fourth-order valence-corrected chi connectivity index (χ4v) is 6.66. The van der Waals surface area contributed by atoms with E-state index in [9.17, 15) is 14.0 Å². The van der Waals surface area contributed by atoms with Crippen LogP contribution in [-0.4, -0.2) is 102 Å². The molecule has 5 rings (SSSR count). The van der Waals surface area contributed by atoms with Crippen molar-refractivity contribution in [2.45, 2.75) is 78.0 Å². The number of hydrogen-bond donors (Lipinski definition) is 2. The summed E-state index contributed by atoms with van der Waals surface area (Å²) in [5, 5.41) is 5.88. The number of piperidine rings is 1. The van der Waals surface area contributed by atoms with Crippen molar-refractivity contribution in [3.05, 3.63) is 42.1 Å². The van der Waals surface area contributed by atoms with Crippen LogP contribution in [0, 0.1) is 11.2 Å². The molecule has 0 bridgehead atoms. The SMILES string of the molecule is CCCNC(=O)N[C@@H]1CC[C@@H](CN2CCC3(CC2)CN(c2ncncc2Oc2ccc(F)cc2C(=O)N(CC)C(C)C)C3)OC1. The molecule has 45 heavy (non-hydrogen) atoms. The second kappa shape index (κ2) is 14.7. The number of urea groups is 1. The van der Waals surface area contributed by atoms with Crippen molar-refractivity contribution < 1.29 is 23.5 Å². The first-order valence-corrected chi connectivity index (χ1v) is 16.4. The van der Waals surface area contributed by atoms with E-state index in [1.54, 1.807) is 11.1 Å². The summed E-state index contributed by atoms with van der Waals surface area (Å²) in [6.45, 7) is 14.2. The van der Waals surface area contributed by atoms with Gasteiger partial charge in [-0.1, -0.05) is 6.92 Å². The zero-order valence-corrected chi connectivity index (χ0v) is 27.1. The van der Waals surface area contributed by atoms with Crippen LogP contribution in [0.15, 0.2) is 30.7 Å². The third-order valence-corrected chi connectivity index (χ3v) is 9.25. The molecule has 3 aliphatic heterocycles. The molecular formula is C33H48FN7O4. The molecule has 0 radical (unpaired) electrons. The Hall–Kier alpha value is -3.51. The van der Waals surface area contributed by atoms with Gasteiger partial charge in [-0.15, -0.1) is 0 Å². The summed E-state index contributed by atoms with van der Waals surface area (Å²) >= 11 is 0. The predicted molar refractivity (Wildman–Crippen MR) is 170 cm³/mol. The second-order valence-electron chi connectivity index (χ2n) is 12.9.